The van der Waals surface area contributed by atoms with Crippen molar-refractivity contribution >= 4 is 17.2 Å². The van der Waals surface area contributed by atoms with E-state index < -0.39 is 11.7 Å². The number of alkyl halides is 3. The molecule has 0 saturated heterocycles. The van der Waals surface area contributed by atoms with E-state index in [1.54, 1.807) is 17.9 Å². The van der Waals surface area contributed by atoms with Crippen LogP contribution in [0.5, 0.6) is 0 Å². The third-order valence-electron chi connectivity index (χ3n) is 3.99. The normalized spacial score (nSPS) is 14.6. The highest BCUT2D eigenvalue weighted by molar-refractivity contribution is 7.15. The molecule has 1 fully saturated rings. The van der Waals surface area contributed by atoms with Gasteiger partial charge in [0.15, 0.2) is 0 Å². The van der Waals surface area contributed by atoms with E-state index in [1.165, 1.54) is 17.4 Å². The van der Waals surface area contributed by atoms with Gasteiger partial charge in [0.25, 0.3) is 5.91 Å². The highest BCUT2D eigenvalue weighted by Crippen LogP contribution is 2.37. The molecule has 0 radical (unpaired) electrons. The maximum atomic E-state index is 13.0. The number of hydrogen-bond donors (Lipinski definition) is 0. The van der Waals surface area contributed by atoms with Gasteiger partial charge in [-0.05, 0) is 37.5 Å². The first-order valence-electron chi connectivity index (χ1n) is 7.92. The molecule has 1 aliphatic rings. The second-order valence-electron chi connectivity index (χ2n) is 5.97. The molecule has 0 spiro atoms. The van der Waals surface area contributed by atoms with Crippen LogP contribution in [0, 0.1) is 6.92 Å². The Kier molecular flexibility index (Phi) is 4.83. The van der Waals surface area contributed by atoms with E-state index in [-0.39, 0.29) is 24.2 Å². The first-order valence-corrected chi connectivity index (χ1v) is 8.73. The summed E-state index contributed by atoms with van der Waals surface area (Å²) in [6.45, 7) is 2.12. The summed E-state index contributed by atoms with van der Waals surface area (Å²) in [7, 11) is 0. The molecule has 25 heavy (non-hydrogen) atoms. The summed E-state index contributed by atoms with van der Waals surface area (Å²) in [6, 6.07) is 5.08. The highest BCUT2D eigenvalue weighted by Gasteiger charge is 2.35. The molecule has 1 aromatic carbocycles. The number of rotatable bonds is 5. The zero-order valence-corrected chi connectivity index (χ0v) is 14.4. The Morgan fingerprint density at radius 3 is 2.72 bits per heavy atom. The molecule has 1 heterocycles. The van der Waals surface area contributed by atoms with Crippen molar-refractivity contribution in [1.29, 1.82) is 0 Å². The van der Waals surface area contributed by atoms with Gasteiger partial charge in [-0.15, -0.1) is 17.9 Å². The van der Waals surface area contributed by atoms with Gasteiger partial charge < -0.3 is 10.6 Å². The Labute approximate surface area is 147 Å². The van der Waals surface area contributed by atoms with Crippen molar-refractivity contribution in [3.8, 4) is 10.4 Å². The number of carbonyl (C=O) groups is 1. The van der Waals surface area contributed by atoms with Crippen LogP contribution in [0.3, 0.4) is 0 Å². The maximum absolute atomic E-state index is 13.0. The van der Waals surface area contributed by atoms with E-state index in [0.29, 0.717) is 22.0 Å². The molecule has 0 bridgehead atoms. The predicted molar refractivity (Wildman–Crippen MR) is 90.5 cm³/mol. The number of halogens is 3. The van der Waals surface area contributed by atoms with Crippen LogP contribution < -0.4 is 0 Å². The van der Waals surface area contributed by atoms with Gasteiger partial charge in [-0.25, -0.2) is 4.98 Å². The van der Waals surface area contributed by atoms with Crippen LogP contribution >= 0.6 is 11.3 Å². The lowest BCUT2D eigenvalue weighted by atomic mass is 10.1. The summed E-state index contributed by atoms with van der Waals surface area (Å²) in [5.74, 6) is -0.300. The molecule has 0 atom stereocenters. The number of aryl methyl sites for hydroxylation is 1. The van der Waals surface area contributed by atoms with Gasteiger partial charge in [0.1, 0.15) is 5.69 Å². The molecular formula is C17H17F3N3OS-. The fraction of sp³-hybridized carbons (Fsp3) is 0.412. The predicted octanol–water partition coefficient (Wildman–Crippen LogP) is 4.79. The van der Waals surface area contributed by atoms with Gasteiger partial charge in [-0.1, -0.05) is 12.1 Å². The summed E-state index contributed by atoms with van der Waals surface area (Å²) >= 11 is 1.21. The van der Waals surface area contributed by atoms with E-state index >= 15 is 0 Å². The Morgan fingerprint density at radius 1 is 1.40 bits per heavy atom. The first-order chi connectivity index (χ1) is 11.8. The Bertz CT molecular complexity index is 784. The monoisotopic (exact) mass is 368 g/mol. The molecule has 134 valence electrons. The van der Waals surface area contributed by atoms with Crippen LogP contribution in [-0.2, 0) is 6.18 Å². The summed E-state index contributed by atoms with van der Waals surface area (Å²) in [4.78, 5) is 19.2. The number of nitrogens with one attached hydrogen (secondary N) is 1. The third-order valence-corrected chi connectivity index (χ3v) is 5.01. The molecule has 1 N–H and O–H groups in total. The number of carbonyl (C=O) groups excluding carboxylic acids is 1. The highest BCUT2D eigenvalue weighted by atomic mass is 32.1. The standard InChI is InChI=1S/C17H17F3N3OS/c1-10-22-14(16(24)23(8-7-21)13-5-6-13)15(25-10)11-3-2-4-12(9-11)17(18,19)20/h2-4,9,13,21H,5-8H2,1H3/q-1. The summed E-state index contributed by atoms with van der Waals surface area (Å²) < 4.78 is 38.9. The molecule has 0 aliphatic heterocycles. The lowest BCUT2D eigenvalue weighted by Crippen LogP contribution is -2.35. The average molecular weight is 368 g/mol. The lowest BCUT2D eigenvalue weighted by Gasteiger charge is -2.23. The van der Waals surface area contributed by atoms with Crippen LogP contribution in [0.4, 0.5) is 13.2 Å². The number of hydrogen-bond acceptors (Lipinski definition) is 3. The summed E-state index contributed by atoms with van der Waals surface area (Å²) in [5, 5.41) is 0.623. The molecule has 1 amide bonds. The van der Waals surface area contributed by atoms with E-state index in [4.69, 9.17) is 5.73 Å². The van der Waals surface area contributed by atoms with Gasteiger partial charge in [0.2, 0.25) is 0 Å². The Morgan fingerprint density at radius 2 is 2.12 bits per heavy atom. The van der Waals surface area contributed by atoms with Crippen molar-refractivity contribution in [1.82, 2.24) is 9.88 Å². The molecule has 3 rings (SSSR count). The summed E-state index contributed by atoms with van der Waals surface area (Å²) in [5.41, 5.74) is 7.16. The van der Waals surface area contributed by atoms with Gasteiger partial charge >= 0.3 is 6.18 Å². The fourth-order valence-corrected chi connectivity index (χ4v) is 3.60. The van der Waals surface area contributed by atoms with Crippen LogP contribution in [0.2, 0.25) is 0 Å². The van der Waals surface area contributed by atoms with Crippen LogP contribution in [0.15, 0.2) is 24.3 Å². The third kappa shape index (κ3) is 3.85. The molecule has 8 heteroatoms. The second-order valence-corrected chi connectivity index (χ2v) is 7.17. The minimum atomic E-state index is -4.44. The second kappa shape index (κ2) is 6.76. The molecule has 1 saturated carbocycles. The quantitative estimate of drug-likeness (QED) is 0.762. The zero-order chi connectivity index (χ0) is 18.2. The summed E-state index contributed by atoms with van der Waals surface area (Å²) in [6.07, 6.45) is -2.65. The number of nitrogens with zero attached hydrogens (tertiary/aromatic N) is 2. The van der Waals surface area contributed by atoms with Crippen LogP contribution in [0.1, 0.15) is 33.9 Å². The minimum Gasteiger partial charge on any atom is -0.676 e. The van der Waals surface area contributed by atoms with Gasteiger partial charge in [-0.2, -0.15) is 13.2 Å². The number of thiazole rings is 1. The molecule has 1 aromatic heterocycles. The fourth-order valence-electron chi connectivity index (χ4n) is 2.70. The van der Waals surface area contributed by atoms with E-state index in [2.05, 4.69) is 4.98 Å². The van der Waals surface area contributed by atoms with Crippen molar-refractivity contribution in [2.24, 2.45) is 0 Å². The number of amides is 1. The first kappa shape index (κ1) is 17.9. The molecule has 0 unspecified atom stereocenters. The van der Waals surface area contributed by atoms with Gasteiger partial charge in [-0.3, -0.25) is 4.79 Å². The zero-order valence-electron chi connectivity index (χ0n) is 13.6. The Hall–Kier alpha value is -1.93. The largest absolute Gasteiger partial charge is 0.676 e. The van der Waals surface area contributed by atoms with E-state index in [0.717, 1.165) is 25.0 Å². The SMILES string of the molecule is Cc1nc(C(=O)N(CC[NH-])C2CC2)c(-c2cccc(C(F)(F)F)c2)s1. The topological polar surface area (TPSA) is 57.0 Å². The van der Waals surface area contributed by atoms with Crippen molar-refractivity contribution in [2.75, 3.05) is 13.1 Å². The van der Waals surface area contributed by atoms with Crippen molar-refractivity contribution in [3.05, 3.63) is 46.3 Å². The molecule has 1 aliphatic carbocycles. The number of aromatic nitrogens is 1. The van der Waals surface area contributed by atoms with Crippen LogP contribution in [0.25, 0.3) is 16.2 Å². The average Bonchev–Trinajstić information content (AvgIpc) is 3.32. The van der Waals surface area contributed by atoms with E-state index in [9.17, 15) is 18.0 Å². The smallest absolute Gasteiger partial charge is 0.416 e. The van der Waals surface area contributed by atoms with Crippen LogP contribution in [-0.4, -0.2) is 34.9 Å². The van der Waals surface area contributed by atoms with Crippen molar-refractivity contribution in [3.63, 3.8) is 0 Å². The lowest BCUT2D eigenvalue weighted by molar-refractivity contribution is -0.137. The number of benzene rings is 1. The molecule has 4 nitrogen and oxygen atoms in total. The van der Waals surface area contributed by atoms with E-state index in [1.807, 2.05) is 0 Å². The van der Waals surface area contributed by atoms with Crippen molar-refractivity contribution < 1.29 is 18.0 Å². The van der Waals surface area contributed by atoms with Gasteiger partial charge in [0.05, 0.1) is 15.4 Å². The van der Waals surface area contributed by atoms with Crippen molar-refractivity contribution in [2.45, 2.75) is 32.0 Å². The minimum absolute atomic E-state index is 0.0876. The molecule has 2 aromatic rings. The van der Waals surface area contributed by atoms with Gasteiger partial charge in [0, 0.05) is 12.6 Å². The molecular weight excluding hydrogens is 351 g/mol. The Balaban J connectivity index is 2.00. The maximum Gasteiger partial charge on any atom is 0.416 e.